The Morgan fingerprint density at radius 3 is 2.22 bits per heavy atom. The van der Waals surface area contributed by atoms with Crippen LogP contribution in [0.2, 0.25) is 0 Å². The topological polar surface area (TPSA) is 73.5 Å². The number of thioether (sulfide) groups is 2. The van der Waals surface area contributed by atoms with Gasteiger partial charge in [-0.15, -0.1) is 23.5 Å². The average molecular weight is 478 g/mol. The van der Waals surface area contributed by atoms with Gasteiger partial charge < -0.3 is 26.5 Å². The molecular formula is C18H24BrNO5S2. The lowest BCUT2D eigenvalue weighted by molar-refractivity contribution is -0.577. The van der Waals surface area contributed by atoms with Gasteiger partial charge in [0.05, 0.1) is 19.5 Å². The quantitative estimate of drug-likeness (QED) is 0.196. The van der Waals surface area contributed by atoms with Crippen molar-refractivity contribution in [2.45, 2.75) is 27.2 Å². The fraction of sp³-hybridized carbons (Fsp3) is 0.444. The molecule has 150 valence electrons. The van der Waals surface area contributed by atoms with E-state index in [0.29, 0.717) is 15.7 Å². The highest BCUT2D eigenvalue weighted by Crippen LogP contribution is 2.32. The molecule has 27 heavy (non-hydrogen) atoms. The van der Waals surface area contributed by atoms with E-state index >= 15 is 0 Å². The van der Waals surface area contributed by atoms with Crippen molar-refractivity contribution in [1.82, 2.24) is 0 Å². The number of aryl methyl sites for hydroxylation is 1. The van der Waals surface area contributed by atoms with Crippen LogP contribution in [-0.4, -0.2) is 42.9 Å². The molecular weight excluding hydrogens is 454 g/mol. The van der Waals surface area contributed by atoms with Crippen molar-refractivity contribution in [2.24, 2.45) is 0 Å². The number of rotatable bonds is 10. The number of hydrogen-bond acceptors (Lipinski definition) is 7. The van der Waals surface area contributed by atoms with Crippen LogP contribution in [0.1, 0.15) is 25.8 Å². The van der Waals surface area contributed by atoms with Gasteiger partial charge >= 0.3 is 11.9 Å². The Balaban J connectivity index is 0.00000676. The lowest BCUT2D eigenvalue weighted by atomic mass is 10.2. The number of methoxy groups -OCH3 is 1. The van der Waals surface area contributed by atoms with E-state index in [1.807, 2.05) is 26.0 Å². The maximum Gasteiger partial charge on any atom is 0.316 e. The molecule has 0 N–H and O–H groups in total. The number of halogens is 1. The lowest BCUT2D eigenvalue weighted by Gasteiger charge is -2.09. The van der Waals surface area contributed by atoms with E-state index in [-0.39, 0.29) is 47.5 Å². The normalized spacial score (nSPS) is 11.1. The van der Waals surface area contributed by atoms with Crippen molar-refractivity contribution in [3.8, 4) is 0 Å². The summed E-state index contributed by atoms with van der Waals surface area (Å²) in [6, 6.07) is 3.74. The third-order valence-corrected chi connectivity index (χ3v) is 5.43. The third kappa shape index (κ3) is 8.94. The summed E-state index contributed by atoms with van der Waals surface area (Å²) in [6.45, 7) is 5.81. The second kappa shape index (κ2) is 13.8. The number of nitrogens with zero attached hydrogens (tertiary/aromatic N) is 1. The Morgan fingerprint density at radius 1 is 1.07 bits per heavy atom. The molecule has 6 nitrogen and oxygen atoms in total. The molecule has 0 aliphatic heterocycles. The molecule has 0 aliphatic carbocycles. The molecule has 1 rings (SSSR count). The van der Waals surface area contributed by atoms with E-state index in [2.05, 4.69) is 4.74 Å². The molecule has 0 atom stereocenters. The minimum Gasteiger partial charge on any atom is -1.00 e. The predicted molar refractivity (Wildman–Crippen MR) is 103 cm³/mol. The van der Waals surface area contributed by atoms with Crippen LogP contribution in [0.4, 0.5) is 0 Å². The van der Waals surface area contributed by atoms with E-state index in [1.54, 1.807) is 23.9 Å². The van der Waals surface area contributed by atoms with Crippen LogP contribution in [-0.2, 0) is 23.9 Å². The van der Waals surface area contributed by atoms with Gasteiger partial charge in [-0.3, -0.25) is 14.4 Å². The van der Waals surface area contributed by atoms with Gasteiger partial charge in [-0.2, -0.15) is 4.57 Å². The summed E-state index contributed by atoms with van der Waals surface area (Å²) >= 11 is 2.67. The fourth-order valence-electron chi connectivity index (χ4n) is 1.93. The van der Waals surface area contributed by atoms with Gasteiger partial charge in [-0.05, 0) is 25.2 Å². The zero-order valence-electron chi connectivity index (χ0n) is 15.8. The molecule has 0 saturated carbocycles. The number of Topliss-reactive ketones (excluding diaryl/α,β-unsaturated/α-hetero) is 1. The Bertz CT molecular complexity index is 677. The summed E-state index contributed by atoms with van der Waals surface area (Å²) in [5.74, 6) is -0.504. The van der Waals surface area contributed by atoms with E-state index in [9.17, 15) is 14.4 Å². The average Bonchev–Trinajstić information content (AvgIpc) is 2.61. The van der Waals surface area contributed by atoms with E-state index in [1.165, 1.54) is 30.6 Å². The lowest BCUT2D eigenvalue weighted by Crippen LogP contribution is -3.00. The molecule has 0 amide bonds. The van der Waals surface area contributed by atoms with Crippen molar-refractivity contribution in [3.05, 3.63) is 34.3 Å². The Labute approximate surface area is 178 Å². The smallest absolute Gasteiger partial charge is 0.316 e. The first-order valence-corrected chi connectivity index (χ1v) is 10.1. The second-order valence-electron chi connectivity index (χ2n) is 5.12. The van der Waals surface area contributed by atoms with Crippen molar-refractivity contribution in [3.63, 3.8) is 0 Å². The Morgan fingerprint density at radius 2 is 1.70 bits per heavy atom. The van der Waals surface area contributed by atoms with Gasteiger partial charge in [0.2, 0.25) is 5.78 Å². The van der Waals surface area contributed by atoms with Crippen LogP contribution < -0.4 is 21.5 Å². The molecule has 0 saturated heterocycles. The maximum atomic E-state index is 12.8. The van der Waals surface area contributed by atoms with Gasteiger partial charge in [0.25, 0.3) is 5.70 Å². The standard InChI is InChI=1S/C18H24NO5S2.BrH/c1-5-24-15(21)11-14(20)17(19-9-7-13(3)8-10-19)18(25-6-2)26-12-16(22)23-4;/h7-10H,5-6,11-12H2,1-4H3;1H/q+1;/p-1/b18-17-;. The van der Waals surface area contributed by atoms with Gasteiger partial charge in [0.1, 0.15) is 10.7 Å². The van der Waals surface area contributed by atoms with Crippen LogP contribution in [0.3, 0.4) is 0 Å². The molecule has 9 heteroatoms. The van der Waals surface area contributed by atoms with Crippen molar-refractivity contribution >= 4 is 46.9 Å². The summed E-state index contributed by atoms with van der Waals surface area (Å²) in [7, 11) is 1.32. The number of carbonyl (C=O) groups is 3. The first-order valence-electron chi connectivity index (χ1n) is 8.16. The van der Waals surface area contributed by atoms with E-state index < -0.39 is 5.97 Å². The summed E-state index contributed by atoms with van der Waals surface area (Å²) < 4.78 is 11.9. The van der Waals surface area contributed by atoms with Crippen LogP contribution in [0.5, 0.6) is 0 Å². The Hall–Kier alpha value is -1.32. The second-order valence-corrected chi connectivity index (χ2v) is 7.64. The van der Waals surface area contributed by atoms with Crippen LogP contribution in [0.25, 0.3) is 5.70 Å². The van der Waals surface area contributed by atoms with Crippen molar-refractivity contribution in [1.29, 1.82) is 0 Å². The van der Waals surface area contributed by atoms with Gasteiger partial charge in [-0.25, -0.2) is 0 Å². The predicted octanol–water partition coefficient (Wildman–Crippen LogP) is -0.406. The molecule has 0 fully saturated rings. The number of esters is 2. The molecule has 0 bridgehead atoms. The highest BCUT2D eigenvalue weighted by Gasteiger charge is 2.29. The van der Waals surface area contributed by atoms with Crippen LogP contribution in [0.15, 0.2) is 28.8 Å². The molecule has 1 aromatic heterocycles. The monoisotopic (exact) mass is 477 g/mol. The number of pyridine rings is 1. The molecule has 0 aromatic carbocycles. The molecule has 1 heterocycles. The molecule has 0 unspecified atom stereocenters. The Kier molecular flexibility index (Phi) is 13.1. The first kappa shape index (κ1) is 25.7. The minimum absolute atomic E-state index is 0. The van der Waals surface area contributed by atoms with Gasteiger partial charge in [-0.1, -0.05) is 6.92 Å². The van der Waals surface area contributed by atoms with Gasteiger partial charge in [0, 0.05) is 12.1 Å². The third-order valence-electron chi connectivity index (χ3n) is 3.15. The van der Waals surface area contributed by atoms with Crippen molar-refractivity contribution < 1.29 is 45.4 Å². The highest BCUT2D eigenvalue weighted by molar-refractivity contribution is 8.22. The first-order chi connectivity index (χ1) is 12.4. The van der Waals surface area contributed by atoms with Gasteiger partial charge in [0.15, 0.2) is 12.4 Å². The zero-order valence-corrected chi connectivity index (χ0v) is 19.0. The number of allylic oxidation sites excluding steroid dienone is 1. The number of ketones is 1. The van der Waals surface area contributed by atoms with Crippen LogP contribution >= 0.6 is 23.5 Å². The SMILES string of the molecule is CCOC(=O)CC(=O)/C(=C(\SCC)SCC(=O)OC)[n+]1ccc(C)cc1.[Br-]. The fourth-order valence-corrected chi connectivity index (χ4v) is 4.14. The summed E-state index contributed by atoms with van der Waals surface area (Å²) in [5, 5.41) is 0. The van der Waals surface area contributed by atoms with Crippen molar-refractivity contribution in [2.75, 3.05) is 25.2 Å². The number of aromatic nitrogens is 1. The number of hydrogen-bond donors (Lipinski definition) is 0. The number of carbonyl (C=O) groups excluding carboxylic acids is 3. The largest absolute Gasteiger partial charge is 1.00 e. The molecule has 0 aliphatic rings. The molecule has 0 radical (unpaired) electrons. The maximum absolute atomic E-state index is 12.8. The highest BCUT2D eigenvalue weighted by atomic mass is 79.9. The van der Waals surface area contributed by atoms with E-state index in [4.69, 9.17) is 4.74 Å². The van der Waals surface area contributed by atoms with E-state index in [0.717, 1.165) is 5.56 Å². The molecule has 1 aromatic rings. The van der Waals surface area contributed by atoms with Crippen LogP contribution in [0, 0.1) is 6.92 Å². The molecule has 0 spiro atoms. The summed E-state index contributed by atoms with van der Waals surface area (Å²) in [5.41, 5.74) is 1.41. The minimum atomic E-state index is -0.568. The number of ether oxygens (including phenoxy) is 2. The summed E-state index contributed by atoms with van der Waals surface area (Å²) in [4.78, 5) is 36.1. The zero-order chi connectivity index (χ0) is 19.5. The summed E-state index contributed by atoms with van der Waals surface area (Å²) in [6.07, 6.45) is 3.18.